The molecule has 2 aromatic carbocycles. The molecule has 0 aliphatic heterocycles. The Hall–Kier alpha value is -2.04. The van der Waals surface area contributed by atoms with E-state index in [4.69, 9.17) is 0 Å². The molecule has 0 fully saturated rings. The fraction of sp³-hybridized carbons (Fsp3) is 0.500. The summed E-state index contributed by atoms with van der Waals surface area (Å²) in [6.07, 6.45) is 7.07. The van der Waals surface area contributed by atoms with Crippen molar-refractivity contribution in [1.82, 2.24) is 5.32 Å². The van der Waals surface area contributed by atoms with Gasteiger partial charge >= 0.3 is 0 Å². The molecular formula is C24H37N2O2+. The van der Waals surface area contributed by atoms with Crippen molar-refractivity contribution in [3.8, 4) is 11.5 Å². The van der Waals surface area contributed by atoms with Gasteiger partial charge < -0.3 is 20.0 Å². The Morgan fingerprint density at radius 3 is 2.21 bits per heavy atom. The predicted molar refractivity (Wildman–Crippen MR) is 117 cm³/mol. The molecule has 0 aliphatic carbocycles. The Labute approximate surface area is 170 Å². The highest BCUT2D eigenvalue weighted by molar-refractivity contribution is 5.40. The zero-order valence-electron chi connectivity index (χ0n) is 17.5. The number of hydrogen-bond acceptors (Lipinski definition) is 3. The van der Waals surface area contributed by atoms with Crippen molar-refractivity contribution in [2.45, 2.75) is 38.5 Å². The van der Waals surface area contributed by atoms with Gasteiger partial charge in [-0.25, -0.2) is 0 Å². The van der Waals surface area contributed by atoms with Crippen LogP contribution in [0.4, 0.5) is 0 Å². The summed E-state index contributed by atoms with van der Waals surface area (Å²) in [5, 5.41) is 22.3. The van der Waals surface area contributed by atoms with Gasteiger partial charge in [-0.05, 0) is 62.0 Å². The summed E-state index contributed by atoms with van der Waals surface area (Å²) in [4.78, 5) is 0. The molecule has 0 bridgehead atoms. The molecule has 0 atom stereocenters. The third-order valence-corrected chi connectivity index (χ3v) is 5.35. The number of aromatic hydroxyl groups is 2. The Morgan fingerprint density at radius 2 is 1.46 bits per heavy atom. The Morgan fingerprint density at radius 1 is 0.714 bits per heavy atom. The van der Waals surface area contributed by atoms with Gasteiger partial charge in [-0.2, -0.15) is 0 Å². The van der Waals surface area contributed by atoms with Crippen LogP contribution in [0.5, 0.6) is 11.5 Å². The van der Waals surface area contributed by atoms with E-state index in [1.807, 2.05) is 6.07 Å². The number of quaternary nitrogens is 1. The summed E-state index contributed by atoms with van der Waals surface area (Å²) >= 11 is 0. The maximum Gasteiger partial charge on any atom is 0.157 e. The maximum absolute atomic E-state index is 9.50. The molecule has 0 saturated carbocycles. The molecule has 0 radical (unpaired) electrons. The standard InChI is InChI=1S/C24H36N2O2/c1-26(2,19-15-21-10-6-5-7-11-21)18-9-4-3-8-16-25-17-14-22-12-13-23(27)24(28)20-22/h5-7,10-13,20,25H,3-4,8-9,14-19H2,1-2H3,(H-,27,28)/p+1. The van der Waals surface area contributed by atoms with Crippen LogP contribution < -0.4 is 5.32 Å². The van der Waals surface area contributed by atoms with Gasteiger partial charge in [0.1, 0.15) is 0 Å². The molecule has 0 unspecified atom stereocenters. The lowest BCUT2D eigenvalue weighted by Crippen LogP contribution is -2.42. The molecule has 0 spiro atoms. The Bertz CT molecular complexity index is 686. The highest BCUT2D eigenvalue weighted by Gasteiger charge is 2.14. The molecule has 0 heterocycles. The van der Waals surface area contributed by atoms with E-state index in [0.717, 1.165) is 36.0 Å². The number of benzene rings is 2. The molecule has 28 heavy (non-hydrogen) atoms. The van der Waals surface area contributed by atoms with Crippen molar-refractivity contribution in [3.63, 3.8) is 0 Å². The molecule has 0 aromatic heterocycles. The second kappa shape index (κ2) is 11.7. The van der Waals surface area contributed by atoms with Crippen molar-refractivity contribution < 1.29 is 14.7 Å². The summed E-state index contributed by atoms with van der Waals surface area (Å²) in [5.74, 6) is -0.0961. The first-order valence-corrected chi connectivity index (χ1v) is 10.5. The third-order valence-electron chi connectivity index (χ3n) is 5.35. The fourth-order valence-corrected chi connectivity index (χ4v) is 3.41. The SMILES string of the molecule is C[N+](C)(CCCCCCNCCc1ccc(O)c(O)c1)CCc1ccccc1. The Balaban J connectivity index is 1.47. The minimum atomic E-state index is -0.0569. The maximum atomic E-state index is 9.50. The van der Waals surface area contributed by atoms with Crippen LogP contribution in [0.25, 0.3) is 0 Å². The zero-order valence-corrected chi connectivity index (χ0v) is 17.5. The van der Waals surface area contributed by atoms with Crippen molar-refractivity contribution in [3.05, 3.63) is 59.7 Å². The first kappa shape index (κ1) is 22.3. The van der Waals surface area contributed by atoms with Crippen LogP contribution in [0.15, 0.2) is 48.5 Å². The van der Waals surface area contributed by atoms with Crippen LogP contribution in [0, 0.1) is 0 Å². The van der Waals surface area contributed by atoms with Gasteiger partial charge in [-0.3, -0.25) is 0 Å². The van der Waals surface area contributed by atoms with Crippen molar-refractivity contribution in [2.24, 2.45) is 0 Å². The summed E-state index contributed by atoms with van der Waals surface area (Å²) in [6.45, 7) is 4.37. The van der Waals surface area contributed by atoms with Gasteiger partial charge in [0.15, 0.2) is 11.5 Å². The molecule has 3 N–H and O–H groups in total. The van der Waals surface area contributed by atoms with Crippen LogP contribution in [0.3, 0.4) is 0 Å². The second-order valence-electron chi connectivity index (χ2n) is 8.36. The van der Waals surface area contributed by atoms with Crippen LogP contribution in [-0.4, -0.2) is 55.0 Å². The van der Waals surface area contributed by atoms with Gasteiger partial charge in [0, 0.05) is 6.42 Å². The van der Waals surface area contributed by atoms with Crippen LogP contribution in [0.1, 0.15) is 36.8 Å². The number of hydrogen-bond donors (Lipinski definition) is 3. The van der Waals surface area contributed by atoms with E-state index in [0.29, 0.717) is 0 Å². The topological polar surface area (TPSA) is 52.5 Å². The second-order valence-corrected chi connectivity index (χ2v) is 8.36. The van der Waals surface area contributed by atoms with E-state index < -0.39 is 0 Å². The molecular weight excluding hydrogens is 348 g/mol. The summed E-state index contributed by atoms with van der Waals surface area (Å²) in [6, 6.07) is 15.8. The molecule has 2 rings (SSSR count). The minimum Gasteiger partial charge on any atom is -0.504 e. The lowest BCUT2D eigenvalue weighted by Gasteiger charge is -2.30. The summed E-state index contributed by atoms with van der Waals surface area (Å²) in [7, 11) is 4.68. The average Bonchev–Trinajstić information content (AvgIpc) is 2.68. The third kappa shape index (κ3) is 8.77. The molecule has 0 amide bonds. The zero-order chi connectivity index (χ0) is 20.2. The van der Waals surface area contributed by atoms with Crippen molar-refractivity contribution in [1.29, 1.82) is 0 Å². The van der Waals surface area contributed by atoms with Gasteiger partial charge in [0.05, 0.1) is 27.2 Å². The van der Waals surface area contributed by atoms with Crippen LogP contribution >= 0.6 is 0 Å². The lowest BCUT2D eigenvalue weighted by molar-refractivity contribution is -0.890. The highest BCUT2D eigenvalue weighted by atomic mass is 16.3. The molecule has 154 valence electrons. The first-order chi connectivity index (χ1) is 13.5. The monoisotopic (exact) mass is 385 g/mol. The number of phenolic OH excluding ortho intramolecular Hbond substituents is 2. The van der Waals surface area contributed by atoms with Gasteiger partial charge in [-0.15, -0.1) is 0 Å². The van der Waals surface area contributed by atoms with E-state index in [1.165, 1.54) is 44.3 Å². The van der Waals surface area contributed by atoms with Crippen LogP contribution in [0.2, 0.25) is 0 Å². The number of likely N-dealkylation sites (N-methyl/N-ethyl adjacent to an activating group) is 1. The quantitative estimate of drug-likeness (QED) is 0.276. The van der Waals surface area contributed by atoms with E-state index in [9.17, 15) is 10.2 Å². The van der Waals surface area contributed by atoms with E-state index in [1.54, 1.807) is 12.1 Å². The van der Waals surface area contributed by atoms with Crippen molar-refractivity contribution >= 4 is 0 Å². The smallest absolute Gasteiger partial charge is 0.157 e. The largest absolute Gasteiger partial charge is 0.504 e. The Kier molecular flexibility index (Phi) is 9.32. The summed E-state index contributed by atoms with van der Waals surface area (Å²) in [5.41, 5.74) is 2.47. The fourth-order valence-electron chi connectivity index (χ4n) is 3.41. The predicted octanol–water partition coefficient (Wildman–Crippen LogP) is 4.11. The van der Waals surface area contributed by atoms with E-state index in [2.05, 4.69) is 49.7 Å². The molecule has 0 aliphatic rings. The van der Waals surface area contributed by atoms with Gasteiger partial charge in [0.25, 0.3) is 0 Å². The number of nitrogens with one attached hydrogen (secondary N) is 1. The number of rotatable bonds is 13. The van der Waals surface area contributed by atoms with Gasteiger partial charge in [0.2, 0.25) is 0 Å². The lowest BCUT2D eigenvalue weighted by atomic mass is 10.1. The molecule has 2 aromatic rings. The molecule has 4 nitrogen and oxygen atoms in total. The number of unbranched alkanes of at least 4 members (excludes halogenated alkanes) is 3. The van der Waals surface area contributed by atoms with E-state index >= 15 is 0 Å². The highest BCUT2D eigenvalue weighted by Crippen LogP contribution is 2.24. The normalized spacial score (nSPS) is 11.6. The summed E-state index contributed by atoms with van der Waals surface area (Å²) < 4.78 is 1.09. The van der Waals surface area contributed by atoms with Crippen LogP contribution in [-0.2, 0) is 12.8 Å². The van der Waals surface area contributed by atoms with E-state index in [-0.39, 0.29) is 11.5 Å². The van der Waals surface area contributed by atoms with Crippen molar-refractivity contribution in [2.75, 3.05) is 40.3 Å². The molecule has 0 saturated heterocycles. The average molecular weight is 386 g/mol. The van der Waals surface area contributed by atoms with Gasteiger partial charge in [-0.1, -0.05) is 42.8 Å². The minimum absolute atomic E-state index is 0.0393. The first-order valence-electron chi connectivity index (χ1n) is 10.5. The number of nitrogens with zero attached hydrogens (tertiary/aromatic N) is 1. The molecule has 4 heteroatoms. The number of phenols is 2.